The van der Waals surface area contributed by atoms with Crippen LogP contribution in [0.4, 0.5) is 17.1 Å². The molecule has 214 valence electrons. The lowest BCUT2D eigenvalue weighted by Crippen LogP contribution is -2.45. The predicted octanol–water partition coefficient (Wildman–Crippen LogP) is 7.56. The number of hydrogen-bond acceptors (Lipinski definition) is 5. The number of para-hydroxylation sites is 2. The Morgan fingerprint density at radius 3 is 1.81 bits per heavy atom. The van der Waals surface area contributed by atoms with Crippen LogP contribution in [0.5, 0.6) is 0 Å². The highest BCUT2D eigenvalue weighted by Crippen LogP contribution is 2.50. The molecule has 1 heterocycles. The van der Waals surface area contributed by atoms with E-state index in [-0.39, 0.29) is 11.8 Å². The Hall–Kier alpha value is -4.43. The van der Waals surface area contributed by atoms with Gasteiger partial charge in [0.2, 0.25) is 0 Å². The van der Waals surface area contributed by atoms with Gasteiger partial charge in [0.25, 0.3) is 11.8 Å². The van der Waals surface area contributed by atoms with E-state index in [0.717, 1.165) is 16.5 Å². The van der Waals surface area contributed by atoms with Crippen LogP contribution >= 0.6 is 15.9 Å². The molecule has 0 spiro atoms. The molecule has 1 aliphatic rings. The van der Waals surface area contributed by atoms with Gasteiger partial charge >= 0.3 is 5.97 Å². The molecule has 5 rings (SSSR count). The zero-order valence-electron chi connectivity index (χ0n) is 23.5. The maximum Gasteiger partial charge on any atom is 0.337 e. The zero-order valence-corrected chi connectivity index (χ0v) is 25.1. The number of esters is 1. The van der Waals surface area contributed by atoms with E-state index in [1.807, 2.05) is 84.9 Å². The molecule has 1 atom stereocenters. The maximum absolute atomic E-state index is 14.9. The molecule has 0 bridgehead atoms. The van der Waals surface area contributed by atoms with Crippen molar-refractivity contribution in [2.45, 2.75) is 32.2 Å². The molecule has 0 aliphatic carbocycles. The van der Waals surface area contributed by atoms with E-state index in [1.54, 1.807) is 24.3 Å². The third-order valence-electron chi connectivity index (χ3n) is 7.59. The number of ether oxygens (including phenoxy) is 1. The minimum absolute atomic E-state index is 0.303. The summed E-state index contributed by atoms with van der Waals surface area (Å²) in [6, 6.07) is 32.3. The number of carbonyl (C=O) groups is 3. The van der Waals surface area contributed by atoms with E-state index >= 15 is 0 Å². The van der Waals surface area contributed by atoms with Gasteiger partial charge in [-0.3, -0.25) is 9.59 Å². The molecule has 1 aliphatic heterocycles. The van der Waals surface area contributed by atoms with Crippen molar-refractivity contribution in [3.05, 3.63) is 125 Å². The molecule has 7 nitrogen and oxygen atoms in total. The Morgan fingerprint density at radius 2 is 1.33 bits per heavy atom. The molecular weight excluding hydrogens is 594 g/mol. The molecule has 4 aromatic carbocycles. The molecule has 1 fully saturated rings. The van der Waals surface area contributed by atoms with Crippen molar-refractivity contribution in [3.63, 3.8) is 0 Å². The number of carbonyl (C=O) groups excluding carboxylic acids is 3. The number of hydrogen-bond donors (Lipinski definition) is 1. The first-order chi connectivity index (χ1) is 20.4. The molecule has 4 aromatic rings. The van der Waals surface area contributed by atoms with Crippen molar-refractivity contribution in [1.82, 2.24) is 0 Å². The van der Waals surface area contributed by atoms with Gasteiger partial charge in [-0.2, -0.15) is 0 Å². The smallest absolute Gasteiger partial charge is 0.337 e. The van der Waals surface area contributed by atoms with Gasteiger partial charge in [-0.1, -0.05) is 84.2 Å². The van der Waals surface area contributed by atoms with E-state index in [2.05, 4.69) is 28.2 Å². The molecule has 8 heteroatoms. The maximum atomic E-state index is 14.9. The van der Waals surface area contributed by atoms with Gasteiger partial charge in [0, 0.05) is 10.2 Å². The van der Waals surface area contributed by atoms with Crippen LogP contribution in [-0.2, 0) is 14.3 Å². The topological polar surface area (TPSA) is 79.0 Å². The van der Waals surface area contributed by atoms with E-state index in [9.17, 15) is 14.4 Å². The van der Waals surface area contributed by atoms with Gasteiger partial charge in [0.1, 0.15) is 0 Å². The first-order valence-electron chi connectivity index (χ1n) is 13.9. The molecule has 0 unspecified atom stereocenters. The van der Waals surface area contributed by atoms with Crippen LogP contribution in [0, 0.1) is 5.41 Å². The Morgan fingerprint density at radius 1 is 0.810 bits per heavy atom. The fourth-order valence-corrected chi connectivity index (χ4v) is 5.71. The van der Waals surface area contributed by atoms with E-state index in [4.69, 9.17) is 4.74 Å². The first-order valence-corrected chi connectivity index (χ1v) is 14.7. The van der Waals surface area contributed by atoms with Crippen LogP contribution in [0.3, 0.4) is 0 Å². The largest absolute Gasteiger partial charge is 0.465 e. The average Bonchev–Trinajstić information content (AvgIpc) is 3.26. The van der Waals surface area contributed by atoms with Crippen LogP contribution in [0.15, 0.2) is 114 Å². The van der Waals surface area contributed by atoms with E-state index in [1.165, 1.54) is 17.1 Å². The second-order valence-corrected chi connectivity index (χ2v) is 11.1. The monoisotopic (exact) mass is 625 g/mol. The summed E-state index contributed by atoms with van der Waals surface area (Å²) in [6.45, 7) is 2.05. The van der Waals surface area contributed by atoms with Gasteiger partial charge in [0.15, 0.2) is 5.41 Å². The number of rotatable bonds is 10. The molecule has 1 N–H and O–H groups in total. The third kappa shape index (κ3) is 5.42. The van der Waals surface area contributed by atoms with Crippen molar-refractivity contribution in [2.75, 3.05) is 22.4 Å². The third-order valence-corrected chi connectivity index (χ3v) is 8.12. The number of amides is 2. The van der Waals surface area contributed by atoms with Gasteiger partial charge < -0.3 is 10.1 Å². The highest BCUT2D eigenvalue weighted by atomic mass is 79.9. The van der Waals surface area contributed by atoms with Gasteiger partial charge in [-0.25, -0.2) is 14.8 Å². The highest BCUT2D eigenvalue weighted by Gasteiger charge is 2.63. The van der Waals surface area contributed by atoms with Crippen LogP contribution in [0.1, 0.15) is 48.1 Å². The lowest BCUT2D eigenvalue weighted by atomic mass is 9.72. The Kier molecular flexibility index (Phi) is 8.73. The zero-order chi connectivity index (χ0) is 29.7. The number of anilines is 3. The van der Waals surface area contributed by atoms with Crippen molar-refractivity contribution in [2.24, 2.45) is 5.41 Å². The molecular formula is C34H32BrN3O4. The molecule has 42 heavy (non-hydrogen) atoms. The minimum atomic E-state index is -1.48. The van der Waals surface area contributed by atoms with Crippen LogP contribution in [0.2, 0.25) is 0 Å². The lowest BCUT2D eigenvalue weighted by Gasteiger charge is -2.35. The summed E-state index contributed by atoms with van der Waals surface area (Å²) in [6.07, 6.45) is 1.81. The van der Waals surface area contributed by atoms with Crippen molar-refractivity contribution >= 4 is 50.8 Å². The normalized spacial score (nSPS) is 15.0. The average molecular weight is 627 g/mol. The standard InChI is InChI=1S/C34H32BrN3O4/c1-3-4-23-34(30(24-15-19-26(35)20-16-24)36-27-21-17-25(18-22-27)31(39)42-2)32(40)37(28-11-7-5-8-12-28)38(33(34)41)29-13-9-6-10-14-29/h5-22,30,36H,3-4,23H2,1-2H3/t30-/m0/s1. The minimum Gasteiger partial charge on any atom is -0.465 e. The number of benzene rings is 4. The first kappa shape index (κ1) is 29.1. The molecule has 1 saturated heterocycles. The highest BCUT2D eigenvalue weighted by molar-refractivity contribution is 9.10. The van der Waals surface area contributed by atoms with Gasteiger partial charge in [-0.15, -0.1) is 0 Å². The second-order valence-electron chi connectivity index (χ2n) is 10.2. The van der Waals surface area contributed by atoms with E-state index < -0.39 is 17.4 Å². The fourth-order valence-electron chi connectivity index (χ4n) is 5.45. The van der Waals surface area contributed by atoms with E-state index in [0.29, 0.717) is 35.5 Å². The summed E-state index contributed by atoms with van der Waals surface area (Å²) < 4.78 is 5.74. The molecule has 0 radical (unpaired) electrons. The molecule has 0 aromatic heterocycles. The second kappa shape index (κ2) is 12.6. The lowest BCUT2D eigenvalue weighted by molar-refractivity contribution is -0.136. The number of halogens is 1. The molecule has 0 saturated carbocycles. The quantitative estimate of drug-likeness (QED) is 0.145. The number of hydrazine groups is 1. The van der Waals surface area contributed by atoms with Crippen LogP contribution in [0.25, 0.3) is 0 Å². The van der Waals surface area contributed by atoms with Crippen LogP contribution in [-0.4, -0.2) is 24.9 Å². The van der Waals surface area contributed by atoms with Gasteiger partial charge in [0.05, 0.1) is 30.1 Å². The van der Waals surface area contributed by atoms with Crippen molar-refractivity contribution in [1.29, 1.82) is 0 Å². The Bertz CT molecular complexity index is 1490. The van der Waals surface area contributed by atoms with Crippen molar-refractivity contribution < 1.29 is 19.1 Å². The van der Waals surface area contributed by atoms with Crippen molar-refractivity contribution in [3.8, 4) is 0 Å². The number of nitrogens with one attached hydrogen (secondary N) is 1. The number of methoxy groups -OCH3 is 1. The SMILES string of the molecule is CCCCC1([C@@H](Nc2ccc(C(=O)OC)cc2)c2ccc(Br)cc2)C(=O)N(c2ccccc2)N(c2ccccc2)C1=O. The summed E-state index contributed by atoms with van der Waals surface area (Å²) >= 11 is 3.52. The molecule has 2 amide bonds. The number of nitrogens with zero attached hydrogens (tertiary/aromatic N) is 2. The number of unbranched alkanes of at least 4 members (excludes halogenated alkanes) is 1. The van der Waals surface area contributed by atoms with Gasteiger partial charge in [-0.05, 0) is 72.6 Å². The predicted molar refractivity (Wildman–Crippen MR) is 168 cm³/mol. The fraction of sp³-hybridized carbons (Fsp3) is 0.206. The summed E-state index contributed by atoms with van der Waals surface area (Å²) in [5.41, 5.74) is 1.59. The Balaban J connectivity index is 1.70. The summed E-state index contributed by atoms with van der Waals surface area (Å²) in [4.78, 5) is 41.9. The van der Waals surface area contributed by atoms with Crippen LogP contribution < -0.4 is 15.3 Å². The summed E-state index contributed by atoms with van der Waals surface area (Å²) in [5.74, 6) is -1.05. The summed E-state index contributed by atoms with van der Waals surface area (Å²) in [7, 11) is 1.34. The summed E-state index contributed by atoms with van der Waals surface area (Å²) in [5, 5.41) is 6.56. The Labute approximate surface area is 254 Å².